The number of rotatable bonds is 7. The van der Waals surface area contributed by atoms with Crippen LogP contribution in [0.25, 0.3) is 0 Å². The van der Waals surface area contributed by atoms with E-state index < -0.39 is 11.9 Å². The summed E-state index contributed by atoms with van der Waals surface area (Å²) in [6, 6.07) is 13.4. The van der Waals surface area contributed by atoms with Crippen molar-refractivity contribution in [2.75, 3.05) is 23.9 Å². The van der Waals surface area contributed by atoms with E-state index in [4.69, 9.17) is 9.47 Å². The van der Waals surface area contributed by atoms with Crippen LogP contribution in [0.3, 0.4) is 0 Å². The molecule has 2 rings (SSSR count). The molecule has 2 aromatic carbocycles. The van der Waals surface area contributed by atoms with Crippen LogP contribution in [0.2, 0.25) is 0 Å². The lowest BCUT2D eigenvalue weighted by molar-refractivity contribution is -0.120. The highest BCUT2D eigenvalue weighted by Crippen LogP contribution is 2.22. The van der Waals surface area contributed by atoms with E-state index in [1.54, 1.807) is 48.5 Å². The Morgan fingerprint density at radius 2 is 1.68 bits per heavy atom. The van der Waals surface area contributed by atoms with Crippen molar-refractivity contribution in [3.63, 3.8) is 0 Å². The summed E-state index contributed by atoms with van der Waals surface area (Å²) in [5, 5.41) is 2.74. The van der Waals surface area contributed by atoms with Crippen LogP contribution in [0.5, 0.6) is 5.75 Å². The molecule has 0 aliphatic rings. The Balaban J connectivity index is 2.14. The third-order valence-electron chi connectivity index (χ3n) is 3.79. The Kier molecular flexibility index (Phi) is 7.14. The molecule has 2 aromatic rings. The van der Waals surface area contributed by atoms with Gasteiger partial charge in [-0.3, -0.25) is 9.59 Å². The topological polar surface area (TPSA) is 84.9 Å². The number of carbonyl (C=O) groups excluding carboxylic acids is 3. The minimum atomic E-state index is -0.581. The van der Waals surface area contributed by atoms with E-state index in [9.17, 15) is 14.4 Å². The minimum absolute atomic E-state index is 0.0550. The van der Waals surface area contributed by atoms with Gasteiger partial charge >= 0.3 is 5.97 Å². The molecule has 1 N–H and O–H groups in total. The summed E-state index contributed by atoms with van der Waals surface area (Å²) in [7, 11) is 1.26. The highest BCUT2D eigenvalue weighted by Gasteiger charge is 2.22. The van der Waals surface area contributed by atoms with Crippen LogP contribution in [-0.4, -0.2) is 37.5 Å². The van der Waals surface area contributed by atoms with Gasteiger partial charge in [-0.2, -0.15) is 0 Å². The maximum atomic E-state index is 12.5. The zero-order chi connectivity index (χ0) is 20.7. The number of benzene rings is 2. The van der Waals surface area contributed by atoms with Gasteiger partial charge in [0.25, 0.3) is 0 Å². The number of amides is 2. The number of nitrogens with one attached hydrogen (secondary N) is 1. The van der Waals surface area contributed by atoms with Crippen LogP contribution in [0.4, 0.5) is 11.4 Å². The molecule has 7 nitrogen and oxygen atoms in total. The number of hydrogen-bond donors (Lipinski definition) is 1. The van der Waals surface area contributed by atoms with Gasteiger partial charge < -0.3 is 19.7 Å². The normalized spacial score (nSPS) is 10.3. The van der Waals surface area contributed by atoms with Crippen molar-refractivity contribution in [3.8, 4) is 5.75 Å². The van der Waals surface area contributed by atoms with Crippen molar-refractivity contribution in [2.24, 2.45) is 0 Å². The molecule has 0 unspecified atom stereocenters. The van der Waals surface area contributed by atoms with Crippen molar-refractivity contribution in [3.05, 3.63) is 54.1 Å². The van der Waals surface area contributed by atoms with Gasteiger partial charge in [-0.1, -0.05) is 12.1 Å². The summed E-state index contributed by atoms with van der Waals surface area (Å²) in [6.07, 6.45) is 0.0550. The summed E-state index contributed by atoms with van der Waals surface area (Å²) in [4.78, 5) is 37.8. The molecular formula is C21H24N2O5. The van der Waals surface area contributed by atoms with Crippen LogP contribution in [0.1, 0.15) is 31.1 Å². The first-order valence-corrected chi connectivity index (χ1v) is 8.83. The molecule has 2 amide bonds. The molecule has 0 radical (unpaired) electrons. The molecule has 0 atom stereocenters. The third-order valence-corrected chi connectivity index (χ3v) is 3.79. The van der Waals surface area contributed by atoms with Gasteiger partial charge in [-0.25, -0.2) is 4.79 Å². The Labute approximate surface area is 164 Å². The standard InChI is InChI=1S/C21H24N2O5/c1-14(2)28-17-11-9-16(10-12-17)22-20(25)13-23(15(3)24)19-8-6-5-7-18(19)21(26)27-4/h5-12,14H,13H2,1-4H3,(H,22,25). The van der Waals surface area contributed by atoms with E-state index in [-0.39, 0.29) is 24.1 Å². The predicted molar refractivity (Wildman–Crippen MR) is 107 cm³/mol. The average molecular weight is 384 g/mol. The van der Waals surface area contributed by atoms with Gasteiger partial charge in [0, 0.05) is 12.6 Å². The summed E-state index contributed by atoms with van der Waals surface area (Å²) >= 11 is 0. The fraction of sp³-hybridized carbons (Fsp3) is 0.286. The molecule has 0 aliphatic carbocycles. The highest BCUT2D eigenvalue weighted by molar-refractivity contribution is 6.06. The molecule has 28 heavy (non-hydrogen) atoms. The summed E-state index contributed by atoms with van der Waals surface area (Å²) in [6.45, 7) is 4.95. The molecule has 7 heteroatoms. The number of carbonyl (C=O) groups is 3. The molecule has 0 saturated heterocycles. The fourth-order valence-electron chi connectivity index (χ4n) is 2.59. The number of esters is 1. The lowest BCUT2D eigenvalue weighted by atomic mass is 10.1. The second-order valence-corrected chi connectivity index (χ2v) is 6.35. The van der Waals surface area contributed by atoms with E-state index in [0.29, 0.717) is 17.1 Å². The first-order chi connectivity index (χ1) is 13.3. The number of methoxy groups -OCH3 is 1. The molecule has 0 heterocycles. The van der Waals surface area contributed by atoms with Crippen LogP contribution in [0.15, 0.2) is 48.5 Å². The Bertz CT molecular complexity index is 846. The second kappa shape index (κ2) is 9.55. The zero-order valence-electron chi connectivity index (χ0n) is 16.4. The summed E-state index contributed by atoms with van der Waals surface area (Å²) < 4.78 is 10.3. The van der Waals surface area contributed by atoms with Gasteiger partial charge in [0.2, 0.25) is 11.8 Å². The minimum Gasteiger partial charge on any atom is -0.491 e. The van der Waals surface area contributed by atoms with Gasteiger partial charge in [0.15, 0.2) is 0 Å². The van der Waals surface area contributed by atoms with Crippen molar-refractivity contribution in [2.45, 2.75) is 26.9 Å². The van der Waals surface area contributed by atoms with E-state index in [1.807, 2.05) is 13.8 Å². The van der Waals surface area contributed by atoms with Gasteiger partial charge in [0.1, 0.15) is 12.3 Å². The van der Waals surface area contributed by atoms with Crippen molar-refractivity contribution in [1.82, 2.24) is 0 Å². The number of anilines is 2. The van der Waals surface area contributed by atoms with Crippen LogP contribution in [-0.2, 0) is 14.3 Å². The van der Waals surface area contributed by atoms with E-state index in [1.165, 1.54) is 18.9 Å². The van der Waals surface area contributed by atoms with Crippen molar-refractivity contribution >= 4 is 29.2 Å². The van der Waals surface area contributed by atoms with Crippen LogP contribution < -0.4 is 15.0 Å². The highest BCUT2D eigenvalue weighted by atomic mass is 16.5. The maximum absolute atomic E-state index is 12.5. The van der Waals surface area contributed by atoms with Crippen LogP contribution in [0, 0.1) is 0 Å². The van der Waals surface area contributed by atoms with Gasteiger partial charge in [-0.15, -0.1) is 0 Å². The monoisotopic (exact) mass is 384 g/mol. The largest absolute Gasteiger partial charge is 0.491 e. The van der Waals surface area contributed by atoms with Crippen molar-refractivity contribution in [1.29, 1.82) is 0 Å². The number of ether oxygens (including phenoxy) is 2. The lowest BCUT2D eigenvalue weighted by Gasteiger charge is -2.22. The Hall–Kier alpha value is -3.35. The molecule has 0 bridgehead atoms. The summed E-state index contributed by atoms with van der Waals surface area (Å²) in [5.74, 6) is -0.645. The average Bonchev–Trinajstić information content (AvgIpc) is 2.66. The van der Waals surface area contributed by atoms with Gasteiger partial charge in [-0.05, 0) is 50.2 Å². The molecule has 148 valence electrons. The first kappa shape index (κ1) is 21.0. The molecule has 0 aromatic heterocycles. The molecule has 0 fully saturated rings. The molecule has 0 aliphatic heterocycles. The van der Waals surface area contributed by atoms with Crippen LogP contribution >= 0.6 is 0 Å². The molecule has 0 spiro atoms. The molecule has 0 saturated carbocycles. The second-order valence-electron chi connectivity index (χ2n) is 6.35. The van der Waals surface area contributed by atoms with E-state index in [0.717, 1.165) is 0 Å². The first-order valence-electron chi connectivity index (χ1n) is 8.83. The molecular weight excluding hydrogens is 360 g/mol. The fourth-order valence-corrected chi connectivity index (χ4v) is 2.59. The van der Waals surface area contributed by atoms with Gasteiger partial charge in [0.05, 0.1) is 24.5 Å². The Morgan fingerprint density at radius 3 is 2.25 bits per heavy atom. The lowest BCUT2D eigenvalue weighted by Crippen LogP contribution is -2.37. The number of nitrogens with zero attached hydrogens (tertiary/aromatic N) is 1. The van der Waals surface area contributed by atoms with E-state index in [2.05, 4.69) is 5.32 Å². The number of hydrogen-bond acceptors (Lipinski definition) is 5. The smallest absolute Gasteiger partial charge is 0.339 e. The third kappa shape index (κ3) is 5.57. The SMILES string of the molecule is COC(=O)c1ccccc1N(CC(=O)Nc1ccc(OC(C)C)cc1)C(C)=O. The number of para-hydroxylation sites is 1. The predicted octanol–water partition coefficient (Wildman–Crippen LogP) is 3.25. The zero-order valence-corrected chi connectivity index (χ0v) is 16.4. The van der Waals surface area contributed by atoms with E-state index >= 15 is 0 Å². The maximum Gasteiger partial charge on any atom is 0.339 e. The van der Waals surface area contributed by atoms with Crippen molar-refractivity contribution < 1.29 is 23.9 Å². The summed E-state index contributed by atoms with van der Waals surface area (Å²) in [5.41, 5.74) is 1.10. The Morgan fingerprint density at radius 1 is 1.04 bits per heavy atom. The quantitative estimate of drug-likeness (QED) is 0.741.